The summed E-state index contributed by atoms with van der Waals surface area (Å²) in [6, 6.07) is 5.47. The molecular formula is C11H12FN3S. The summed E-state index contributed by atoms with van der Waals surface area (Å²) in [6.07, 6.45) is 2.19. The Balaban J connectivity index is 1.95. The summed E-state index contributed by atoms with van der Waals surface area (Å²) in [5.74, 6) is 0.122. The van der Waals surface area contributed by atoms with E-state index in [1.165, 1.54) is 17.3 Å². The van der Waals surface area contributed by atoms with Crippen LogP contribution in [0.25, 0.3) is 0 Å². The number of rotatable bonds is 4. The summed E-state index contributed by atoms with van der Waals surface area (Å²) >= 11 is 1.73. The van der Waals surface area contributed by atoms with E-state index in [2.05, 4.69) is 21.4 Å². The third kappa shape index (κ3) is 2.76. The van der Waals surface area contributed by atoms with E-state index in [0.29, 0.717) is 5.82 Å². The Morgan fingerprint density at radius 3 is 3.00 bits per heavy atom. The first-order chi connectivity index (χ1) is 7.75. The first-order valence-electron chi connectivity index (χ1n) is 4.97. The number of nitrogens with zero attached hydrogens (tertiary/aromatic N) is 3. The Morgan fingerprint density at radius 1 is 1.44 bits per heavy atom. The Labute approximate surface area is 97.6 Å². The molecule has 16 heavy (non-hydrogen) atoms. The summed E-state index contributed by atoms with van der Waals surface area (Å²) in [4.78, 5) is 10.7. The molecule has 3 nitrogen and oxygen atoms in total. The van der Waals surface area contributed by atoms with Gasteiger partial charge in [-0.15, -0.1) is 11.3 Å². The average Bonchev–Trinajstić information content (AvgIpc) is 2.78. The van der Waals surface area contributed by atoms with Crippen LogP contribution in [0.2, 0.25) is 0 Å². The second-order valence-corrected chi connectivity index (χ2v) is 4.48. The average molecular weight is 237 g/mol. The SMILES string of the molecule is CN(CCc1cccs1)c1cc(F)ncn1. The molecule has 2 aromatic heterocycles. The molecule has 0 aromatic carbocycles. The number of hydrogen-bond donors (Lipinski definition) is 0. The van der Waals surface area contributed by atoms with Gasteiger partial charge in [0.1, 0.15) is 12.1 Å². The van der Waals surface area contributed by atoms with Crippen molar-refractivity contribution >= 4 is 17.2 Å². The van der Waals surface area contributed by atoms with Crippen LogP contribution in [-0.4, -0.2) is 23.6 Å². The molecule has 0 aliphatic carbocycles. The second kappa shape index (κ2) is 5.03. The fraction of sp³-hybridized carbons (Fsp3) is 0.273. The van der Waals surface area contributed by atoms with Crippen LogP contribution in [0, 0.1) is 5.95 Å². The highest BCUT2D eigenvalue weighted by Crippen LogP contribution is 2.12. The van der Waals surface area contributed by atoms with Crippen LogP contribution in [0.5, 0.6) is 0 Å². The summed E-state index contributed by atoms with van der Waals surface area (Å²) in [6.45, 7) is 0.816. The predicted molar refractivity (Wildman–Crippen MR) is 63.3 cm³/mol. The van der Waals surface area contributed by atoms with Crippen LogP contribution in [0.15, 0.2) is 29.9 Å². The van der Waals surface area contributed by atoms with Crippen molar-refractivity contribution in [2.45, 2.75) is 6.42 Å². The van der Waals surface area contributed by atoms with E-state index in [-0.39, 0.29) is 0 Å². The Bertz CT molecular complexity index is 444. The maximum Gasteiger partial charge on any atom is 0.218 e. The topological polar surface area (TPSA) is 29.0 Å². The van der Waals surface area contributed by atoms with Gasteiger partial charge in [-0.1, -0.05) is 6.07 Å². The molecule has 0 aliphatic heterocycles. The third-order valence-electron chi connectivity index (χ3n) is 2.28. The molecule has 0 saturated carbocycles. The third-order valence-corrected chi connectivity index (χ3v) is 3.22. The molecule has 2 rings (SSSR count). The van der Waals surface area contributed by atoms with Crippen LogP contribution in [0.3, 0.4) is 0 Å². The molecule has 0 spiro atoms. The minimum absolute atomic E-state index is 0.493. The second-order valence-electron chi connectivity index (χ2n) is 3.45. The van der Waals surface area contributed by atoms with Crippen molar-refractivity contribution in [3.05, 3.63) is 40.7 Å². The van der Waals surface area contributed by atoms with Crippen LogP contribution < -0.4 is 4.90 Å². The molecule has 0 bridgehead atoms. The smallest absolute Gasteiger partial charge is 0.218 e. The quantitative estimate of drug-likeness (QED) is 0.764. The van der Waals surface area contributed by atoms with E-state index in [1.54, 1.807) is 11.3 Å². The first kappa shape index (κ1) is 11.0. The van der Waals surface area contributed by atoms with Crippen molar-refractivity contribution in [1.29, 1.82) is 0 Å². The number of halogens is 1. The van der Waals surface area contributed by atoms with E-state index in [0.717, 1.165) is 13.0 Å². The van der Waals surface area contributed by atoms with Crippen LogP contribution in [0.1, 0.15) is 4.88 Å². The molecule has 0 radical (unpaired) electrons. The van der Waals surface area contributed by atoms with Gasteiger partial charge in [0.25, 0.3) is 0 Å². The highest BCUT2D eigenvalue weighted by atomic mass is 32.1. The van der Waals surface area contributed by atoms with Gasteiger partial charge < -0.3 is 4.90 Å². The standard InChI is InChI=1S/C11H12FN3S/c1-15(5-4-9-3-2-6-16-9)11-7-10(12)13-8-14-11/h2-3,6-8H,4-5H2,1H3. The highest BCUT2D eigenvalue weighted by molar-refractivity contribution is 7.09. The van der Waals surface area contributed by atoms with E-state index in [1.807, 2.05) is 18.0 Å². The maximum atomic E-state index is 12.9. The van der Waals surface area contributed by atoms with Crippen molar-refractivity contribution in [2.24, 2.45) is 0 Å². The molecule has 0 unspecified atom stereocenters. The van der Waals surface area contributed by atoms with Crippen LogP contribution in [-0.2, 0) is 6.42 Å². The van der Waals surface area contributed by atoms with E-state index < -0.39 is 5.95 Å². The zero-order valence-electron chi connectivity index (χ0n) is 8.93. The molecule has 0 aliphatic rings. The molecular weight excluding hydrogens is 225 g/mol. The fourth-order valence-electron chi connectivity index (χ4n) is 1.38. The van der Waals surface area contributed by atoms with E-state index in [9.17, 15) is 4.39 Å². The van der Waals surface area contributed by atoms with Crippen molar-refractivity contribution in [1.82, 2.24) is 9.97 Å². The fourth-order valence-corrected chi connectivity index (χ4v) is 2.08. The van der Waals surface area contributed by atoms with Gasteiger partial charge in [-0.3, -0.25) is 0 Å². The summed E-state index contributed by atoms with van der Waals surface area (Å²) < 4.78 is 12.9. The van der Waals surface area contributed by atoms with Gasteiger partial charge in [0, 0.05) is 24.5 Å². The first-order valence-corrected chi connectivity index (χ1v) is 5.85. The molecule has 0 saturated heterocycles. The van der Waals surface area contributed by atoms with Crippen LogP contribution >= 0.6 is 11.3 Å². The largest absolute Gasteiger partial charge is 0.359 e. The number of hydrogen-bond acceptors (Lipinski definition) is 4. The lowest BCUT2D eigenvalue weighted by atomic mass is 10.3. The van der Waals surface area contributed by atoms with Gasteiger partial charge >= 0.3 is 0 Å². The van der Waals surface area contributed by atoms with E-state index >= 15 is 0 Å². The maximum absolute atomic E-state index is 12.9. The minimum atomic E-state index is -0.493. The summed E-state index contributed by atoms with van der Waals surface area (Å²) in [5, 5.41) is 2.06. The summed E-state index contributed by atoms with van der Waals surface area (Å²) in [7, 11) is 1.90. The van der Waals surface area contributed by atoms with Gasteiger partial charge in [-0.05, 0) is 17.9 Å². The number of anilines is 1. The molecule has 0 fully saturated rings. The van der Waals surface area contributed by atoms with Gasteiger partial charge in [-0.2, -0.15) is 4.39 Å². The van der Waals surface area contributed by atoms with Crippen molar-refractivity contribution < 1.29 is 4.39 Å². The van der Waals surface area contributed by atoms with Gasteiger partial charge in [0.05, 0.1) is 0 Å². The van der Waals surface area contributed by atoms with Gasteiger partial charge in [0.15, 0.2) is 0 Å². The lowest BCUT2D eigenvalue weighted by molar-refractivity contribution is 0.578. The van der Waals surface area contributed by atoms with Crippen molar-refractivity contribution in [2.75, 3.05) is 18.5 Å². The predicted octanol–water partition coefficient (Wildman–Crippen LogP) is 2.36. The van der Waals surface area contributed by atoms with Crippen LogP contribution in [0.4, 0.5) is 10.2 Å². The molecule has 2 aromatic rings. The molecule has 2 heterocycles. The lowest BCUT2D eigenvalue weighted by Gasteiger charge is -2.16. The van der Waals surface area contributed by atoms with Gasteiger partial charge in [0.2, 0.25) is 5.95 Å². The molecule has 5 heteroatoms. The molecule has 84 valence electrons. The summed E-state index contributed by atoms with van der Waals surface area (Å²) in [5.41, 5.74) is 0. The zero-order valence-corrected chi connectivity index (χ0v) is 9.75. The van der Waals surface area contributed by atoms with Crippen molar-refractivity contribution in [3.8, 4) is 0 Å². The van der Waals surface area contributed by atoms with Crippen molar-refractivity contribution in [3.63, 3.8) is 0 Å². The highest BCUT2D eigenvalue weighted by Gasteiger charge is 2.04. The monoisotopic (exact) mass is 237 g/mol. The lowest BCUT2D eigenvalue weighted by Crippen LogP contribution is -2.21. The molecule has 0 N–H and O–H groups in total. The normalized spacial score (nSPS) is 10.4. The van der Waals surface area contributed by atoms with Gasteiger partial charge in [-0.25, -0.2) is 9.97 Å². The zero-order chi connectivity index (χ0) is 11.4. The minimum Gasteiger partial charge on any atom is -0.359 e. The Hall–Kier alpha value is -1.49. The van der Waals surface area contributed by atoms with E-state index in [4.69, 9.17) is 0 Å². The Morgan fingerprint density at radius 2 is 2.31 bits per heavy atom. The molecule has 0 amide bonds. The number of thiophene rings is 1. The number of aromatic nitrogens is 2. The number of likely N-dealkylation sites (N-methyl/N-ethyl adjacent to an activating group) is 1. The Kier molecular flexibility index (Phi) is 3.46. The molecule has 0 atom stereocenters.